The fourth-order valence-corrected chi connectivity index (χ4v) is 2.76. The van der Waals surface area contributed by atoms with Crippen molar-refractivity contribution in [1.29, 1.82) is 0 Å². The number of aromatic hydroxyl groups is 1. The molecule has 0 radical (unpaired) electrons. The van der Waals surface area contributed by atoms with Gasteiger partial charge in [-0.05, 0) is 60.5 Å². The number of hydrogen-bond acceptors (Lipinski definition) is 5. The van der Waals surface area contributed by atoms with Crippen molar-refractivity contribution in [3.8, 4) is 17.2 Å². The molecule has 0 spiro atoms. The molecule has 3 aromatic carbocycles. The summed E-state index contributed by atoms with van der Waals surface area (Å²) >= 11 is 5.89. The largest absolute Gasteiger partial charge is 0.504 e. The van der Waals surface area contributed by atoms with Crippen LogP contribution in [-0.2, 0) is 6.61 Å². The van der Waals surface area contributed by atoms with Gasteiger partial charge in [-0.3, -0.25) is 4.79 Å². The SMILES string of the molecule is CCOc1cc(C=NNC(=O)c2ccccc2OCc2ccc(Cl)cc2)ccc1O. The van der Waals surface area contributed by atoms with E-state index in [1.165, 1.54) is 12.3 Å². The number of halogens is 1. The summed E-state index contributed by atoms with van der Waals surface area (Å²) < 4.78 is 11.1. The maximum Gasteiger partial charge on any atom is 0.275 e. The van der Waals surface area contributed by atoms with Crippen LogP contribution in [-0.4, -0.2) is 23.8 Å². The van der Waals surface area contributed by atoms with Crippen molar-refractivity contribution in [2.24, 2.45) is 5.10 Å². The number of nitrogens with one attached hydrogen (secondary N) is 1. The summed E-state index contributed by atoms with van der Waals surface area (Å²) in [6.45, 7) is 2.56. The highest BCUT2D eigenvalue weighted by Gasteiger charge is 2.11. The molecule has 7 heteroatoms. The molecular formula is C23H21ClN2O4. The molecule has 1 amide bonds. The summed E-state index contributed by atoms with van der Waals surface area (Å²) in [5.41, 5.74) is 4.46. The molecule has 30 heavy (non-hydrogen) atoms. The van der Waals surface area contributed by atoms with Crippen LogP contribution in [0.2, 0.25) is 5.02 Å². The monoisotopic (exact) mass is 424 g/mol. The van der Waals surface area contributed by atoms with Crippen LogP contribution in [0.4, 0.5) is 0 Å². The van der Waals surface area contributed by atoms with Crippen LogP contribution < -0.4 is 14.9 Å². The molecule has 0 heterocycles. The second-order valence-corrected chi connectivity index (χ2v) is 6.71. The fraction of sp³-hybridized carbons (Fsp3) is 0.130. The van der Waals surface area contributed by atoms with Gasteiger partial charge in [0.25, 0.3) is 5.91 Å². The van der Waals surface area contributed by atoms with Gasteiger partial charge in [0.05, 0.1) is 18.4 Å². The van der Waals surface area contributed by atoms with Crippen molar-refractivity contribution in [3.05, 3.63) is 88.4 Å². The number of carbonyl (C=O) groups excluding carboxylic acids is 1. The van der Waals surface area contributed by atoms with Crippen molar-refractivity contribution in [2.45, 2.75) is 13.5 Å². The molecule has 0 aliphatic carbocycles. The van der Waals surface area contributed by atoms with Crippen LogP contribution in [0.3, 0.4) is 0 Å². The molecule has 0 aromatic heterocycles. The van der Waals surface area contributed by atoms with Gasteiger partial charge in [0.2, 0.25) is 0 Å². The Labute approximate surface area is 179 Å². The Balaban J connectivity index is 1.65. The maximum atomic E-state index is 12.5. The first kappa shape index (κ1) is 21.2. The zero-order chi connectivity index (χ0) is 21.3. The third-order valence-electron chi connectivity index (χ3n) is 4.10. The van der Waals surface area contributed by atoms with Crippen molar-refractivity contribution in [1.82, 2.24) is 5.43 Å². The number of ether oxygens (including phenoxy) is 2. The van der Waals surface area contributed by atoms with Crippen LogP contribution in [0.25, 0.3) is 0 Å². The normalized spacial score (nSPS) is 10.7. The van der Waals surface area contributed by atoms with E-state index in [0.29, 0.717) is 40.9 Å². The van der Waals surface area contributed by atoms with Crippen LogP contribution >= 0.6 is 11.6 Å². The first-order chi connectivity index (χ1) is 14.6. The minimum Gasteiger partial charge on any atom is -0.504 e. The number of nitrogens with zero attached hydrogens (tertiary/aromatic N) is 1. The number of amides is 1. The minimum atomic E-state index is -0.401. The third-order valence-corrected chi connectivity index (χ3v) is 4.35. The number of phenols is 1. The van der Waals surface area contributed by atoms with Gasteiger partial charge in [-0.15, -0.1) is 0 Å². The molecule has 6 nitrogen and oxygen atoms in total. The molecule has 0 aliphatic rings. The highest BCUT2D eigenvalue weighted by molar-refractivity contribution is 6.30. The summed E-state index contributed by atoms with van der Waals surface area (Å²) in [5.74, 6) is 0.448. The van der Waals surface area contributed by atoms with Gasteiger partial charge in [0.15, 0.2) is 11.5 Å². The van der Waals surface area contributed by atoms with E-state index in [-0.39, 0.29) is 5.75 Å². The van der Waals surface area contributed by atoms with E-state index in [0.717, 1.165) is 5.56 Å². The summed E-state index contributed by atoms with van der Waals surface area (Å²) in [6, 6.07) is 19.0. The van der Waals surface area contributed by atoms with Crippen molar-refractivity contribution in [2.75, 3.05) is 6.61 Å². The molecule has 0 aliphatic heterocycles. The van der Waals surface area contributed by atoms with Crippen molar-refractivity contribution >= 4 is 23.7 Å². The Morgan fingerprint density at radius 2 is 1.83 bits per heavy atom. The van der Waals surface area contributed by atoms with Gasteiger partial charge >= 0.3 is 0 Å². The number of benzene rings is 3. The number of para-hydroxylation sites is 1. The van der Waals surface area contributed by atoms with E-state index < -0.39 is 5.91 Å². The lowest BCUT2D eigenvalue weighted by Gasteiger charge is -2.10. The minimum absolute atomic E-state index is 0.0461. The zero-order valence-corrected chi connectivity index (χ0v) is 17.1. The van der Waals surface area contributed by atoms with E-state index in [4.69, 9.17) is 21.1 Å². The van der Waals surface area contributed by atoms with Gasteiger partial charge < -0.3 is 14.6 Å². The Kier molecular flexibility index (Phi) is 7.29. The highest BCUT2D eigenvalue weighted by atomic mass is 35.5. The predicted octanol–water partition coefficient (Wildman–Crippen LogP) is 4.79. The number of phenolic OH excluding ortho intramolecular Hbond substituents is 1. The molecule has 3 aromatic rings. The second kappa shape index (κ2) is 10.3. The molecule has 0 saturated carbocycles. The first-order valence-corrected chi connectivity index (χ1v) is 9.70. The number of hydrazone groups is 1. The fourth-order valence-electron chi connectivity index (χ4n) is 2.63. The quantitative estimate of drug-likeness (QED) is 0.402. The lowest BCUT2D eigenvalue weighted by Crippen LogP contribution is -2.18. The van der Waals surface area contributed by atoms with Crippen molar-refractivity contribution in [3.63, 3.8) is 0 Å². The van der Waals surface area contributed by atoms with E-state index in [2.05, 4.69) is 10.5 Å². The average Bonchev–Trinajstić information content (AvgIpc) is 2.76. The number of rotatable bonds is 8. The summed E-state index contributed by atoms with van der Waals surface area (Å²) in [5, 5.41) is 14.4. The molecule has 2 N–H and O–H groups in total. The zero-order valence-electron chi connectivity index (χ0n) is 16.3. The topological polar surface area (TPSA) is 80.2 Å². The van der Waals surface area contributed by atoms with Gasteiger partial charge in [-0.1, -0.05) is 35.9 Å². The van der Waals surface area contributed by atoms with Gasteiger partial charge in [-0.25, -0.2) is 5.43 Å². The Hall–Kier alpha value is -3.51. The van der Waals surface area contributed by atoms with E-state index in [1.807, 2.05) is 19.1 Å². The van der Waals surface area contributed by atoms with E-state index >= 15 is 0 Å². The van der Waals surface area contributed by atoms with E-state index in [9.17, 15) is 9.90 Å². The number of hydrogen-bond donors (Lipinski definition) is 2. The van der Waals surface area contributed by atoms with Crippen LogP contribution in [0, 0.1) is 0 Å². The first-order valence-electron chi connectivity index (χ1n) is 9.32. The van der Waals surface area contributed by atoms with Crippen LogP contribution in [0.5, 0.6) is 17.2 Å². The molecule has 0 saturated heterocycles. The summed E-state index contributed by atoms with van der Waals surface area (Å²) in [4.78, 5) is 12.5. The van der Waals surface area contributed by atoms with Crippen LogP contribution in [0.15, 0.2) is 71.8 Å². The Morgan fingerprint density at radius 1 is 1.07 bits per heavy atom. The third kappa shape index (κ3) is 5.75. The summed E-state index contributed by atoms with van der Waals surface area (Å²) in [6.07, 6.45) is 1.47. The molecular weight excluding hydrogens is 404 g/mol. The van der Waals surface area contributed by atoms with Gasteiger partial charge in [0.1, 0.15) is 12.4 Å². The van der Waals surface area contributed by atoms with Crippen molar-refractivity contribution < 1.29 is 19.4 Å². The molecule has 0 unspecified atom stereocenters. The standard InChI is InChI=1S/C23H21ClN2O4/c1-2-29-22-13-17(9-12-20(22)27)14-25-26-23(28)19-5-3-4-6-21(19)30-15-16-7-10-18(24)11-8-16/h3-14,27H,2,15H2,1H3,(H,26,28). The number of carbonyl (C=O) groups is 1. The van der Waals surface area contributed by atoms with Crippen LogP contribution in [0.1, 0.15) is 28.4 Å². The molecule has 0 fully saturated rings. The molecule has 154 valence electrons. The molecule has 0 atom stereocenters. The highest BCUT2D eigenvalue weighted by Crippen LogP contribution is 2.26. The lowest BCUT2D eigenvalue weighted by molar-refractivity contribution is 0.0950. The average molecular weight is 425 g/mol. The smallest absolute Gasteiger partial charge is 0.275 e. The predicted molar refractivity (Wildman–Crippen MR) is 117 cm³/mol. The van der Waals surface area contributed by atoms with Gasteiger partial charge in [-0.2, -0.15) is 5.10 Å². The van der Waals surface area contributed by atoms with E-state index in [1.54, 1.807) is 48.5 Å². The Morgan fingerprint density at radius 3 is 2.60 bits per heavy atom. The molecule has 0 bridgehead atoms. The summed E-state index contributed by atoms with van der Waals surface area (Å²) in [7, 11) is 0. The maximum absolute atomic E-state index is 12.5. The lowest BCUT2D eigenvalue weighted by atomic mass is 10.2. The second-order valence-electron chi connectivity index (χ2n) is 6.27. The van der Waals surface area contributed by atoms with Gasteiger partial charge in [0, 0.05) is 5.02 Å². The molecule has 3 rings (SSSR count). The Bertz CT molecular complexity index is 1040.